The van der Waals surface area contributed by atoms with Crippen LogP contribution in [-0.4, -0.2) is 25.1 Å². The van der Waals surface area contributed by atoms with Crippen LogP contribution in [0.1, 0.15) is 31.4 Å². The second-order valence-corrected chi connectivity index (χ2v) is 4.66. The second-order valence-electron chi connectivity index (χ2n) is 4.66. The van der Waals surface area contributed by atoms with E-state index in [9.17, 15) is 0 Å². The van der Waals surface area contributed by atoms with E-state index in [2.05, 4.69) is 20.5 Å². The average molecular weight is 274 g/mol. The van der Waals surface area contributed by atoms with Gasteiger partial charge >= 0.3 is 0 Å². The highest BCUT2D eigenvalue weighted by Gasteiger charge is 2.17. The molecule has 0 amide bonds. The van der Waals surface area contributed by atoms with Crippen molar-refractivity contribution in [3.8, 4) is 11.6 Å². The summed E-state index contributed by atoms with van der Waals surface area (Å²) in [7, 11) is 0. The van der Waals surface area contributed by atoms with Gasteiger partial charge < -0.3 is 14.7 Å². The summed E-state index contributed by atoms with van der Waals surface area (Å²) in [6, 6.07) is 3.53. The molecule has 0 spiro atoms. The first-order chi connectivity index (χ1) is 9.65. The Hall–Kier alpha value is -2.64. The molecule has 0 aliphatic heterocycles. The molecule has 104 valence electrons. The van der Waals surface area contributed by atoms with Crippen molar-refractivity contribution in [3.05, 3.63) is 30.0 Å². The third-order valence-corrected chi connectivity index (χ3v) is 2.84. The van der Waals surface area contributed by atoms with Gasteiger partial charge in [0.1, 0.15) is 6.54 Å². The lowest BCUT2D eigenvalue weighted by molar-refractivity contribution is 0.361. The number of rotatable bonds is 4. The maximum atomic E-state index is 5.80. The summed E-state index contributed by atoms with van der Waals surface area (Å²) in [5.74, 6) is 2.01. The van der Waals surface area contributed by atoms with Crippen LogP contribution >= 0.6 is 0 Å². The molecule has 0 aliphatic carbocycles. The molecule has 0 aliphatic rings. The highest BCUT2D eigenvalue weighted by molar-refractivity contribution is 5.44. The van der Waals surface area contributed by atoms with Crippen molar-refractivity contribution >= 4 is 5.82 Å². The van der Waals surface area contributed by atoms with E-state index in [1.165, 1.54) is 0 Å². The van der Waals surface area contributed by atoms with Crippen LogP contribution < -0.4 is 5.73 Å². The van der Waals surface area contributed by atoms with Gasteiger partial charge in [0, 0.05) is 0 Å². The average Bonchev–Trinajstić information content (AvgIpc) is 3.10. The molecule has 3 aromatic heterocycles. The SMILES string of the molecule is CC(C)c1c(N)nnn1Cc1nc(-c2ccco2)no1. The molecule has 0 aromatic carbocycles. The summed E-state index contributed by atoms with van der Waals surface area (Å²) in [6.07, 6.45) is 1.56. The first-order valence-corrected chi connectivity index (χ1v) is 6.20. The first-order valence-electron chi connectivity index (χ1n) is 6.20. The Morgan fingerprint density at radius 2 is 2.25 bits per heavy atom. The van der Waals surface area contributed by atoms with Gasteiger partial charge in [0.2, 0.25) is 11.7 Å². The second kappa shape index (κ2) is 4.80. The largest absolute Gasteiger partial charge is 0.461 e. The fraction of sp³-hybridized carbons (Fsp3) is 0.333. The maximum Gasteiger partial charge on any atom is 0.248 e. The van der Waals surface area contributed by atoms with Crippen LogP contribution in [0.15, 0.2) is 27.3 Å². The number of aromatic nitrogens is 5. The Labute approximate surface area is 114 Å². The molecule has 8 nitrogen and oxygen atoms in total. The fourth-order valence-electron chi connectivity index (χ4n) is 2.00. The van der Waals surface area contributed by atoms with Crippen LogP contribution in [0, 0.1) is 0 Å². The molecule has 0 saturated carbocycles. The zero-order valence-electron chi connectivity index (χ0n) is 11.1. The summed E-state index contributed by atoms with van der Waals surface area (Å²) in [5, 5.41) is 11.7. The number of hydrogen-bond acceptors (Lipinski definition) is 7. The summed E-state index contributed by atoms with van der Waals surface area (Å²) >= 11 is 0. The summed E-state index contributed by atoms with van der Waals surface area (Å²) < 4.78 is 12.1. The van der Waals surface area contributed by atoms with Crippen LogP contribution in [0.2, 0.25) is 0 Å². The molecule has 2 N–H and O–H groups in total. The molecule has 0 atom stereocenters. The minimum atomic E-state index is 0.206. The zero-order chi connectivity index (χ0) is 14.1. The third kappa shape index (κ3) is 2.15. The van der Waals surface area contributed by atoms with Crippen molar-refractivity contribution in [2.24, 2.45) is 0 Å². The summed E-state index contributed by atoms with van der Waals surface area (Å²) in [5.41, 5.74) is 6.65. The Kier molecular flexibility index (Phi) is 2.97. The smallest absolute Gasteiger partial charge is 0.248 e. The van der Waals surface area contributed by atoms with Gasteiger partial charge in [-0.15, -0.1) is 5.10 Å². The lowest BCUT2D eigenvalue weighted by atomic mass is 10.1. The predicted octanol–water partition coefficient (Wildman–Crippen LogP) is 1.68. The standard InChI is InChI=1S/C12H14N6O2/c1-7(2)10-11(13)15-17-18(10)6-9-14-12(16-20-9)8-4-3-5-19-8/h3-5,7H,6,13H2,1-2H3. The highest BCUT2D eigenvalue weighted by Crippen LogP contribution is 2.21. The van der Waals surface area contributed by atoms with Crippen molar-refractivity contribution in [1.29, 1.82) is 0 Å². The Balaban J connectivity index is 1.85. The van der Waals surface area contributed by atoms with E-state index in [1.54, 1.807) is 23.1 Å². The summed E-state index contributed by atoms with van der Waals surface area (Å²) in [6.45, 7) is 4.37. The number of anilines is 1. The van der Waals surface area contributed by atoms with Crippen molar-refractivity contribution < 1.29 is 8.94 Å². The van der Waals surface area contributed by atoms with Gasteiger partial charge in [0.15, 0.2) is 11.6 Å². The highest BCUT2D eigenvalue weighted by atomic mass is 16.5. The molecule has 3 rings (SSSR count). The van der Waals surface area contributed by atoms with Crippen molar-refractivity contribution in [2.45, 2.75) is 26.3 Å². The molecule has 20 heavy (non-hydrogen) atoms. The Bertz CT molecular complexity index is 697. The normalized spacial score (nSPS) is 11.3. The fourth-order valence-corrected chi connectivity index (χ4v) is 2.00. The lowest BCUT2D eigenvalue weighted by Gasteiger charge is -2.06. The molecule has 0 radical (unpaired) electrons. The van der Waals surface area contributed by atoms with Crippen LogP contribution in [0.5, 0.6) is 0 Å². The minimum absolute atomic E-state index is 0.206. The first kappa shape index (κ1) is 12.4. The van der Waals surface area contributed by atoms with Gasteiger partial charge in [-0.1, -0.05) is 24.2 Å². The van der Waals surface area contributed by atoms with E-state index in [1.807, 2.05) is 13.8 Å². The molecule has 3 aromatic rings. The van der Waals surface area contributed by atoms with Crippen molar-refractivity contribution in [3.63, 3.8) is 0 Å². The molecule has 0 unspecified atom stereocenters. The number of furan rings is 1. The molecule has 3 heterocycles. The predicted molar refractivity (Wildman–Crippen MR) is 69.6 cm³/mol. The molecule has 0 saturated heterocycles. The van der Waals surface area contributed by atoms with Gasteiger partial charge in [-0.3, -0.25) is 0 Å². The number of hydrogen-bond donors (Lipinski definition) is 1. The third-order valence-electron chi connectivity index (χ3n) is 2.84. The van der Waals surface area contributed by atoms with Crippen LogP contribution in [0.25, 0.3) is 11.6 Å². The monoisotopic (exact) mass is 274 g/mol. The number of nitrogens with two attached hydrogens (primary N) is 1. The van der Waals surface area contributed by atoms with Crippen molar-refractivity contribution in [2.75, 3.05) is 5.73 Å². The molecular weight excluding hydrogens is 260 g/mol. The molecular formula is C12H14N6O2. The van der Waals surface area contributed by atoms with Crippen LogP contribution in [0.3, 0.4) is 0 Å². The molecule has 0 bridgehead atoms. The van der Waals surface area contributed by atoms with E-state index in [0.29, 0.717) is 29.8 Å². The zero-order valence-corrected chi connectivity index (χ0v) is 11.1. The van der Waals surface area contributed by atoms with E-state index in [-0.39, 0.29) is 5.92 Å². The van der Waals surface area contributed by atoms with Gasteiger partial charge in [0.05, 0.1) is 12.0 Å². The van der Waals surface area contributed by atoms with Crippen molar-refractivity contribution in [1.82, 2.24) is 25.1 Å². The minimum Gasteiger partial charge on any atom is -0.461 e. The van der Waals surface area contributed by atoms with Gasteiger partial charge in [0.25, 0.3) is 0 Å². The van der Waals surface area contributed by atoms with Crippen LogP contribution in [0.4, 0.5) is 5.82 Å². The Morgan fingerprint density at radius 3 is 2.95 bits per heavy atom. The summed E-state index contributed by atoms with van der Waals surface area (Å²) in [4.78, 5) is 4.26. The van der Waals surface area contributed by atoms with Gasteiger partial charge in [-0.2, -0.15) is 4.98 Å². The molecule has 0 fully saturated rings. The van der Waals surface area contributed by atoms with Gasteiger partial charge in [-0.05, 0) is 18.1 Å². The topological polar surface area (TPSA) is 109 Å². The molecule has 8 heteroatoms. The van der Waals surface area contributed by atoms with Crippen LogP contribution in [-0.2, 0) is 6.54 Å². The number of nitrogen functional groups attached to an aromatic ring is 1. The van der Waals surface area contributed by atoms with E-state index < -0.39 is 0 Å². The lowest BCUT2D eigenvalue weighted by Crippen LogP contribution is -2.09. The van der Waals surface area contributed by atoms with E-state index in [4.69, 9.17) is 14.7 Å². The number of nitrogens with zero attached hydrogens (tertiary/aromatic N) is 5. The maximum absolute atomic E-state index is 5.80. The Morgan fingerprint density at radius 1 is 1.40 bits per heavy atom. The van der Waals surface area contributed by atoms with E-state index >= 15 is 0 Å². The van der Waals surface area contributed by atoms with Gasteiger partial charge in [-0.25, -0.2) is 4.68 Å². The quantitative estimate of drug-likeness (QED) is 0.770. The van der Waals surface area contributed by atoms with E-state index in [0.717, 1.165) is 5.69 Å².